The Morgan fingerprint density at radius 2 is 2.19 bits per heavy atom. The van der Waals surface area contributed by atoms with Crippen molar-refractivity contribution in [2.75, 3.05) is 40.0 Å². The molecule has 1 unspecified atom stereocenters. The number of guanidine groups is 1. The van der Waals surface area contributed by atoms with Gasteiger partial charge in [0.15, 0.2) is 5.96 Å². The largest absolute Gasteiger partial charge is 0.396 e. The first-order chi connectivity index (χ1) is 12.2. The number of H-pyrrole nitrogens is 1. The molecule has 7 heteroatoms. The number of hydrogen-bond donors (Lipinski definition) is 4. The van der Waals surface area contributed by atoms with Gasteiger partial charge in [-0.25, -0.2) is 0 Å². The number of fused-ring (bicyclic) bond motifs is 1. The van der Waals surface area contributed by atoms with Crippen molar-refractivity contribution in [3.05, 3.63) is 36.0 Å². The summed E-state index contributed by atoms with van der Waals surface area (Å²) >= 11 is 0. The van der Waals surface area contributed by atoms with Crippen LogP contribution in [-0.4, -0.2) is 56.0 Å². The lowest BCUT2D eigenvalue weighted by Crippen LogP contribution is -2.45. The topological polar surface area (TPSA) is 81.7 Å². The summed E-state index contributed by atoms with van der Waals surface area (Å²) in [6.45, 7) is 3.23. The molecular formula is C19H29IN4O2. The quantitative estimate of drug-likeness (QED) is 0.283. The van der Waals surface area contributed by atoms with E-state index in [0.717, 1.165) is 44.9 Å². The van der Waals surface area contributed by atoms with Crippen molar-refractivity contribution in [3.8, 4) is 0 Å². The molecule has 1 atom stereocenters. The minimum absolute atomic E-state index is 0. The molecule has 1 aliphatic rings. The molecule has 2 heterocycles. The van der Waals surface area contributed by atoms with Crippen LogP contribution in [0.1, 0.15) is 18.5 Å². The fourth-order valence-corrected chi connectivity index (χ4v) is 3.39. The molecule has 3 rings (SSSR count). The van der Waals surface area contributed by atoms with Gasteiger partial charge in [0.05, 0.1) is 6.61 Å². The zero-order chi connectivity index (χ0) is 17.5. The van der Waals surface area contributed by atoms with Gasteiger partial charge in [0, 0.05) is 56.4 Å². The number of aliphatic imine (C=N–C) groups is 1. The third-order valence-electron chi connectivity index (χ3n) is 4.95. The number of nitrogens with one attached hydrogen (secondary N) is 3. The Morgan fingerprint density at radius 3 is 2.88 bits per heavy atom. The molecule has 0 amide bonds. The molecule has 0 bridgehead atoms. The highest BCUT2D eigenvalue weighted by Gasteiger charge is 2.34. The minimum Gasteiger partial charge on any atom is -0.396 e. The average molecular weight is 472 g/mol. The van der Waals surface area contributed by atoms with Crippen molar-refractivity contribution in [2.24, 2.45) is 10.4 Å². The summed E-state index contributed by atoms with van der Waals surface area (Å²) in [5.41, 5.74) is 2.40. The van der Waals surface area contributed by atoms with Crippen LogP contribution in [0.2, 0.25) is 0 Å². The standard InChI is InChI=1S/C19H28N4O2.HI/c1-20-18(22-13-19(7-10-24)8-11-25-14-19)21-9-6-16-12-15-4-2-3-5-17(15)23-16;/h2-5,12,23-24H,6-11,13-14H2,1H3,(H2,20,21,22);1H. The third-order valence-corrected chi connectivity index (χ3v) is 4.95. The highest BCUT2D eigenvalue weighted by molar-refractivity contribution is 14.0. The first kappa shape index (κ1) is 21.0. The molecule has 26 heavy (non-hydrogen) atoms. The van der Waals surface area contributed by atoms with Crippen molar-refractivity contribution < 1.29 is 9.84 Å². The fraction of sp³-hybridized carbons (Fsp3) is 0.526. The van der Waals surface area contributed by atoms with Gasteiger partial charge in [-0.2, -0.15) is 0 Å². The van der Waals surface area contributed by atoms with Crippen molar-refractivity contribution in [1.82, 2.24) is 15.6 Å². The lowest BCUT2D eigenvalue weighted by Gasteiger charge is -2.27. The molecule has 144 valence electrons. The van der Waals surface area contributed by atoms with Crippen molar-refractivity contribution >= 4 is 40.8 Å². The second-order valence-corrected chi connectivity index (χ2v) is 6.76. The maximum absolute atomic E-state index is 9.31. The summed E-state index contributed by atoms with van der Waals surface area (Å²) < 4.78 is 5.53. The Bertz CT molecular complexity index is 677. The second-order valence-electron chi connectivity index (χ2n) is 6.76. The second kappa shape index (κ2) is 10.1. The zero-order valence-corrected chi connectivity index (χ0v) is 17.6. The van der Waals surface area contributed by atoms with Crippen LogP contribution >= 0.6 is 24.0 Å². The summed E-state index contributed by atoms with van der Waals surface area (Å²) in [7, 11) is 1.78. The summed E-state index contributed by atoms with van der Waals surface area (Å²) in [5.74, 6) is 0.792. The van der Waals surface area contributed by atoms with Crippen LogP contribution in [-0.2, 0) is 11.2 Å². The summed E-state index contributed by atoms with van der Waals surface area (Å²) in [4.78, 5) is 7.74. The number of ether oxygens (including phenoxy) is 1. The van der Waals surface area contributed by atoms with E-state index in [9.17, 15) is 5.11 Å². The van der Waals surface area contributed by atoms with Gasteiger partial charge in [-0.05, 0) is 30.4 Å². The number of para-hydroxylation sites is 1. The van der Waals surface area contributed by atoms with Crippen LogP contribution < -0.4 is 10.6 Å². The van der Waals surface area contributed by atoms with Gasteiger partial charge in [0.2, 0.25) is 0 Å². The molecule has 1 aliphatic heterocycles. The number of aromatic nitrogens is 1. The van der Waals surface area contributed by atoms with Crippen molar-refractivity contribution in [2.45, 2.75) is 19.3 Å². The summed E-state index contributed by atoms with van der Waals surface area (Å²) in [6.07, 6.45) is 2.64. The molecule has 2 aromatic rings. The highest BCUT2D eigenvalue weighted by atomic mass is 127. The molecule has 1 saturated heterocycles. The van der Waals surface area contributed by atoms with Gasteiger partial charge < -0.3 is 25.5 Å². The van der Waals surface area contributed by atoms with E-state index in [-0.39, 0.29) is 36.0 Å². The van der Waals surface area contributed by atoms with E-state index in [4.69, 9.17) is 4.74 Å². The van der Waals surface area contributed by atoms with Crippen molar-refractivity contribution in [1.29, 1.82) is 0 Å². The normalized spacial score (nSPS) is 20.2. The number of rotatable bonds is 7. The SMILES string of the molecule is CN=C(NCCc1cc2ccccc2[nH]1)NCC1(CCO)CCOC1.I. The number of benzene rings is 1. The van der Waals surface area contributed by atoms with E-state index < -0.39 is 0 Å². The molecule has 0 radical (unpaired) electrons. The zero-order valence-electron chi connectivity index (χ0n) is 15.3. The van der Waals surface area contributed by atoms with Crippen molar-refractivity contribution in [3.63, 3.8) is 0 Å². The lowest BCUT2D eigenvalue weighted by molar-refractivity contribution is 0.127. The van der Waals surface area contributed by atoms with Gasteiger partial charge in [0.25, 0.3) is 0 Å². The molecule has 0 aliphatic carbocycles. The van der Waals surface area contributed by atoms with Gasteiger partial charge in [-0.1, -0.05) is 18.2 Å². The molecule has 1 aromatic carbocycles. The van der Waals surface area contributed by atoms with Crippen LogP contribution in [0.3, 0.4) is 0 Å². The molecular weight excluding hydrogens is 443 g/mol. The van der Waals surface area contributed by atoms with Crippen LogP contribution in [0.15, 0.2) is 35.3 Å². The first-order valence-electron chi connectivity index (χ1n) is 8.94. The average Bonchev–Trinajstić information content (AvgIpc) is 3.25. The number of hydrogen-bond acceptors (Lipinski definition) is 3. The number of aromatic amines is 1. The predicted octanol–water partition coefficient (Wildman–Crippen LogP) is 2.28. The van der Waals surface area contributed by atoms with E-state index in [1.165, 1.54) is 16.6 Å². The Kier molecular flexibility index (Phi) is 8.17. The summed E-state index contributed by atoms with van der Waals surface area (Å²) in [5, 5.41) is 17.3. The van der Waals surface area contributed by atoms with Gasteiger partial charge in [-0.15, -0.1) is 24.0 Å². The number of aliphatic hydroxyl groups excluding tert-OH is 1. The Hall–Kier alpha value is -1.32. The first-order valence-corrected chi connectivity index (χ1v) is 8.94. The predicted molar refractivity (Wildman–Crippen MR) is 116 cm³/mol. The monoisotopic (exact) mass is 472 g/mol. The number of nitrogens with zero attached hydrogens (tertiary/aromatic N) is 1. The van der Waals surface area contributed by atoms with Crippen LogP contribution in [0.5, 0.6) is 0 Å². The molecule has 4 N–H and O–H groups in total. The maximum atomic E-state index is 9.31. The molecule has 1 aromatic heterocycles. The Labute approximate surface area is 171 Å². The van der Waals surface area contributed by atoms with Gasteiger partial charge in [0.1, 0.15) is 0 Å². The molecule has 6 nitrogen and oxygen atoms in total. The molecule has 1 fully saturated rings. The van der Waals surface area contributed by atoms with Crippen LogP contribution in [0.25, 0.3) is 10.9 Å². The van der Waals surface area contributed by atoms with Gasteiger partial charge in [-0.3, -0.25) is 4.99 Å². The van der Waals surface area contributed by atoms with E-state index in [0.29, 0.717) is 6.61 Å². The fourth-order valence-electron chi connectivity index (χ4n) is 3.39. The van der Waals surface area contributed by atoms with Crippen LogP contribution in [0.4, 0.5) is 0 Å². The smallest absolute Gasteiger partial charge is 0.191 e. The van der Waals surface area contributed by atoms with Gasteiger partial charge >= 0.3 is 0 Å². The van der Waals surface area contributed by atoms with E-state index >= 15 is 0 Å². The van der Waals surface area contributed by atoms with E-state index in [1.54, 1.807) is 7.05 Å². The summed E-state index contributed by atoms with van der Waals surface area (Å²) in [6, 6.07) is 10.5. The number of halogens is 1. The van der Waals surface area contributed by atoms with E-state index in [1.807, 2.05) is 6.07 Å². The third kappa shape index (κ3) is 5.34. The minimum atomic E-state index is 0. The van der Waals surface area contributed by atoms with Crippen LogP contribution in [0, 0.1) is 5.41 Å². The van der Waals surface area contributed by atoms with E-state index in [2.05, 4.69) is 44.9 Å². The number of aliphatic hydroxyl groups is 1. The molecule has 0 saturated carbocycles. The Balaban J connectivity index is 0.00000243. The Morgan fingerprint density at radius 1 is 1.35 bits per heavy atom. The molecule has 0 spiro atoms. The lowest BCUT2D eigenvalue weighted by atomic mass is 9.84. The maximum Gasteiger partial charge on any atom is 0.191 e. The highest BCUT2D eigenvalue weighted by Crippen LogP contribution is 2.31.